The first-order chi connectivity index (χ1) is 6.35. The monoisotopic (exact) mass is 180 g/mol. The van der Waals surface area contributed by atoms with Gasteiger partial charge in [0.2, 0.25) is 0 Å². The maximum absolute atomic E-state index is 5.70. The maximum atomic E-state index is 5.70. The van der Waals surface area contributed by atoms with Crippen LogP contribution in [-0.4, -0.2) is 12.0 Å². The van der Waals surface area contributed by atoms with E-state index in [2.05, 4.69) is 17.2 Å². The van der Waals surface area contributed by atoms with E-state index in [1.54, 1.807) is 0 Å². The lowest BCUT2D eigenvalue weighted by Crippen LogP contribution is -2.05. The van der Waals surface area contributed by atoms with Crippen molar-refractivity contribution in [3.8, 4) is 0 Å². The van der Waals surface area contributed by atoms with Gasteiger partial charge in [0.1, 0.15) is 5.76 Å². The molecule has 3 heteroatoms. The van der Waals surface area contributed by atoms with Crippen LogP contribution in [0.25, 0.3) is 0 Å². The standard InChI is InChI=1S/C10H16N2O/c1-3-8-9(6-11-2)13-10(12-8)7-4-5-7/h7,11H,3-6H2,1-2H3. The van der Waals surface area contributed by atoms with Gasteiger partial charge in [0.15, 0.2) is 5.89 Å². The molecule has 13 heavy (non-hydrogen) atoms. The van der Waals surface area contributed by atoms with E-state index in [1.165, 1.54) is 12.8 Å². The van der Waals surface area contributed by atoms with Crippen LogP contribution in [0.15, 0.2) is 4.42 Å². The topological polar surface area (TPSA) is 38.1 Å². The fourth-order valence-electron chi connectivity index (χ4n) is 1.48. The van der Waals surface area contributed by atoms with E-state index in [1.807, 2.05) is 7.05 Å². The average molecular weight is 180 g/mol. The molecule has 2 rings (SSSR count). The van der Waals surface area contributed by atoms with Crippen molar-refractivity contribution in [2.24, 2.45) is 0 Å². The molecule has 1 aromatic heterocycles. The third kappa shape index (κ3) is 1.75. The molecule has 0 amide bonds. The minimum absolute atomic E-state index is 0.621. The van der Waals surface area contributed by atoms with Crippen LogP contribution in [-0.2, 0) is 13.0 Å². The van der Waals surface area contributed by atoms with E-state index in [0.717, 1.165) is 30.3 Å². The summed E-state index contributed by atoms with van der Waals surface area (Å²) in [4.78, 5) is 4.50. The quantitative estimate of drug-likeness (QED) is 0.768. The second-order valence-electron chi connectivity index (χ2n) is 3.58. The van der Waals surface area contributed by atoms with Crippen molar-refractivity contribution in [3.05, 3.63) is 17.3 Å². The Morgan fingerprint density at radius 1 is 1.54 bits per heavy atom. The molecule has 0 aromatic carbocycles. The molecule has 0 radical (unpaired) electrons. The molecular formula is C10H16N2O. The summed E-state index contributed by atoms with van der Waals surface area (Å²) >= 11 is 0. The number of hydrogen-bond donors (Lipinski definition) is 1. The summed E-state index contributed by atoms with van der Waals surface area (Å²) in [7, 11) is 1.93. The minimum atomic E-state index is 0.621. The van der Waals surface area contributed by atoms with Gasteiger partial charge in [0.05, 0.1) is 12.2 Å². The Kier molecular flexibility index (Phi) is 2.36. The summed E-state index contributed by atoms with van der Waals surface area (Å²) in [6.45, 7) is 2.91. The molecule has 1 fully saturated rings. The normalized spacial score (nSPS) is 16.5. The van der Waals surface area contributed by atoms with Crippen molar-refractivity contribution in [1.29, 1.82) is 0 Å². The number of nitrogens with zero attached hydrogens (tertiary/aromatic N) is 1. The van der Waals surface area contributed by atoms with E-state index < -0.39 is 0 Å². The van der Waals surface area contributed by atoms with Gasteiger partial charge in [0.25, 0.3) is 0 Å². The molecule has 1 heterocycles. The molecule has 0 atom stereocenters. The lowest BCUT2D eigenvalue weighted by Gasteiger charge is -1.95. The van der Waals surface area contributed by atoms with E-state index >= 15 is 0 Å². The smallest absolute Gasteiger partial charge is 0.197 e. The Bertz CT molecular complexity index is 289. The SMILES string of the molecule is CCc1nc(C2CC2)oc1CNC. The Morgan fingerprint density at radius 2 is 2.31 bits per heavy atom. The van der Waals surface area contributed by atoms with Crippen molar-refractivity contribution in [1.82, 2.24) is 10.3 Å². The van der Waals surface area contributed by atoms with Crippen LogP contribution in [0.1, 0.15) is 43.0 Å². The molecule has 1 aromatic rings. The van der Waals surface area contributed by atoms with Crippen LogP contribution in [0.4, 0.5) is 0 Å². The number of hydrogen-bond acceptors (Lipinski definition) is 3. The maximum Gasteiger partial charge on any atom is 0.197 e. The minimum Gasteiger partial charge on any atom is -0.444 e. The molecule has 1 aliphatic carbocycles. The Hall–Kier alpha value is -0.830. The average Bonchev–Trinajstić information content (AvgIpc) is 2.90. The molecule has 3 nitrogen and oxygen atoms in total. The van der Waals surface area contributed by atoms with Crippen LogP contribution in [0.5, 0.6) is 0 Å². The van der Waals surface area contributed by atoms with Crippen LogP contribution in [0.3, 0.4) is 0 Å². The largest absolute Gasteiger partial charge is 0.444 e. The first kappa shape index (κ1) is 8.75. The number of aromatic nitrogens is 1. The van der Waals surface area contributed by atoms with Gasteiger partial charge in [0, 0.05) is 5.92 Å². The summed E-state index contributed by atoms with van der Waals surface area (Å²) in [5.74, 6) is 2.60. The Labute approximate surface area is 78.5 Å². The van der Waals surface area contributed by atoms with Crippen LogP contribution >= 0.6 is 0 Å². The molecule has 0 bridgehead atoms. The Morgan fingerprint density at radius 3 is 2.85 bits per heavy atom. The van der Waals surface area contributed by atoms with Crippen LogP contribution in [0.2, 0.25) is 0 Å². The highest BCUT2D eigenvalue weighted by molar-refractivity contribution is 5.14. The van der Waals surface area contributed by atoms with Gasteiger partial charge in [-0.1, -0.05) is 6.92 Å². The van der Waals surface area contributed by atoms with Crippen molar-refractivity contribution in [3.63, 3.8) is 0 Å². The molecule has 0 aliphatic heterocycles. The number of aryl methyl sites for hydroxylation is 1. The predicted octanol–water partition coefficient (Wildman–Crippen LogP) is 1.83. The van der Waals surface area contributed by atoms with Gasteiger partial charge in [-0.05, 0) is 26.3 Å². The molecule has 0 saturated heterocycles. The van der Waals surface area contributed by atoms with Gasteiger partial charge in [-0.3, -0.25) is 0 Å². The molecule has 1 N–H and O–H groups in total. The highest BCUT2D eigenvalue weighted by atomic mass is 16.4. The fraction of sp³-hybridized carbons (Fsp3) is 0.700. The third-order valence-corrected chi connectivity index (χ3v) is 2.39. The van der Waals surface area contributed by atoms with Crippen LogP contribution < -0.4 is 5.32 Å². The number of rotatable bonds is 4. The van der Waals surface area contributed by atoms with E-state index in [9.17, 15) is 0 Å². The fourth-order valence-corrected chi connectivity index (χ4v) is 1.48. The lowest BCUT2D eigenvalue weighted by molar-refractivity contribution is 0.445. The Balaban J connectivity index is 2.20. The number of oxazole rings is 1. The molecule has 1 aliphatic rings. The third-order valence-electron chi connectivity index (χ3n) is 2.39. The zero-order valence-electron chi connectivity index (χ0n) is 8.26. The predicted molar refractivity (Wildman–Crippen MR) is 50.6 cm³/mol. The summed E-state index contributed by atoms with van der Waals surface area (Å²) in [6, 6.07) is 0. The zero-order valence-corrected chi connectivity index (χ0v) is 8.26. The van der Waals surface area contributed by atoms with Crippen LogP contribution in [0, 0.1) is 0 Å². The van der Waals surface area contributed by atoms with Gasteiger partial charge < -0.3 is 9.73 Å². The van der Waals surface area contributed by atoms with Crippen molar-refractivity contribution in [2.45, 2.75) is 38.6 Å². The van der Waals surface area contributed by atoms with E-state index in [-0.39, 0.29) is 0 Å². The van der Waals surface area contributed by atoms with E-state index in [0.29, 0.717) is 5.92 Å². The first-order valence-electron chi connectivity index (χ1n) is 4.98. The molecule has 1 saturated carbocycles. The highest BCUT2D eigenvalue weighted by Gasteiger charge is 2.29. The molecular weight excluding hydrogens is 164 g/mol. The van der Waals surface area contributed by atoms with Gasteiger partial charge >= 0.3 is 0 Å². The molecule has 0 unspecified atom stereocenters. The molecule has 72 valence electrons. The highest BCUT2D eigenvalue weighted by Crippen LogP contribution is 2.40. The second-order valence-corrected chi connectivity index (χ2v) is 3.58. The number of nitrogens with one attached hydrogen (secondary N) is 1. The summed E-state index contributed by atoms with van der Waals surface area (Å²) in [6.07, 6.45) is 3.47. The zero-order chi connectivity index (χ0) is 9.26. The van der Waals surface area contributed by atoms with Crippen molar-refractivity contribution >= 4 is 0 Å². The summed E-state index contributed by atoms with van der Waals surface area (Å²) in [5, 5.41) is 3.10. The van der Waals surface area contributed by atoms with Crippen molar-refractivity contribution in [2.75, 3.05) is 7.05 Å². The van der Waals surface area contributed by atoms with Crippen molar-refractivity contribution < 1.29 is 4.42 Å². The van der Waals surface area contributed by atoms with E-state index in [4.69, 9.17) is 4.42 Å². The lowest BCUT2D eigenvalue weighted by atomic mass is 10.3. The summed E-state index contributed by atoms with van der Waals surface area (Å²) in [5.41, 5.74) is 1.12. The summed E-state index contributed by atoms with van der Waals surface area (Å²) < 4.78 is 5.70. The van der Waals surface area contributed by atoms with Gasteiger partial charge in [-0.15, -0.1) is 0 Å². The second kappa shape index (κ2) is 3.50. The first-order valence-corrected chi connectivity index (χ1v) is 4.98. The van der Waals surface area contributed by atoms with Gasteiger partial charge in [-0.2, -0.15) is 0 Å². The van der Waals surface area contributed by atoms with Gasteiger partial charge in [-0.25, -0.2) is 4.98 Å². The molecule has 0 spiro atoms.